The van der Waals surface area contributed by atoms with Crippen molar-refractivity contribution in [3.63, 3.8) is 0 Å². The molecular weight excluding hydrogens is 478 g/mol. The van der Waals surface area contributed by atoms with Gasteiger partial charge < -0.3 is 39.2 Å². The van der Waals surface area contributed by atoms with E-state index in [4.69, 9.17) is 23.7 Å². The fourth-order valence-electron chi connectivity index (χ4n) is 3.58. The number of ether oxygens (including phenoxy) is 5. The zero-order valence-electron chi connectivity index (χ0n) is 21.2. The highest BCUT2D eigenvalue weighted by molar-refractivity contribution is 6.04. The molecule has 0 spiro atoms. The maximum Gasteiger partial charge on any atom is 0.248 e. The monoisotopic (exact) mass is 507 g/mol. The molecule has 0 atom stereocenters. The molecule has 0 saturated heterocycles. The Kier molecular flexibility index (Phi) is 8.88. The minimum Gasteiger partial charge on any atom is -0.504 e. The number of carbonyl (C=O) groups is 1. The highest BCUT2D eigenvalue weighted by Gasteiger charge is 2.16. The predicted octanol–water partition coefficient (Wildman–Crippen LogP) is 4.96. The van der Waals surface area contributed by atoms with E-state index in [-0.39, 0.29) is 28.7 Å². The normalized spacial score (nSPS) is 10.9. The van der Waals surface area contributed by atoms with Crippen molar-refractivity contribution < 1.29 is 38.7 Å². The second-order valence-corrected chi connectivity index (χ2v) is 7.63. The predicted molar refractivity (Wildman–Crippen MR) is 142 cm³/mol. The Hall–Kier alpha value is -4.79. The average Bonchev–Trinajstić information content (AvgIpc) is 2.91. The summed E-state index contributed by atoms with van der Waals surface area (Å²) in [5.74, 6) is 1.27. The van der Waals surface area contributed by atoms with Gasteiger partial charge in [-0.25, -0.2) is 0 Å². The molecule has 0 radical (unpaired) electrons. The quantitative estimate of drug-likeness (QED) is 0.260. The third-order valence-electron chi connectivity index (χ3n) is 5.39. The topological polar surface area (TPSA) is 116 Å². The number of nitrogens with one attached hydrogen (secondary N) is 1. The van der Waals surface area contributed by atoms with Crippen molar-refractivity contribution >= 4 is 29.8 Å². The van der Waals surface area contributed by atoms with Gasteiger partial charge in [0.25, 0.3) is 0 Å². The Labute approximate surface area is 215 Å². The van der Waals surface area contributed by atoms with Crippen molar-refractivity contribution in [1.82, 2.24) is 0 Å². The van der Waals surface area contributed by atoms with Crippen molar-refractivity contribution in [1.29, 1.82) is 0 Å². The van der Waals surface area contributed by atoms with Gasteiger partial charge in [0, 0.05) is 11.6 Å². The Morgan fingerprint density at radius 2 is 1.27 bits per heavy atom. The summed E-state index contributed by atoms with van der Waals surface area (Å²) in [5, 5.41) is 22.8. The summed E-state index contributed by atoms with van der Waals surface area (Å²) in [4.78, 5) is 12.8. The number of methoxy groups -OCH3 is 5. The number of benzene rings is 3. The molecule has 0 heterocycles. The van der Waals surface area contributed by atoms with Crippen molar-refractivity contribution in [2.24, 2.45) is 0 Å². The van der Waals surface area contributed by atoms with Gasteiger partial charge in [-0.15, -0.1) is 0 Å². The zero-order chi connectivity index (χ0) is 26.9. The molecule has 9 heteroatoms. The van der Waals surface area contributed by atoms with Crippen LogP contribution < -0.4 is 29.0 Å². The molecule has 37 heavy (non-hydrogen) atoms. The smallest absolute Gasteiger partial charge is 0.248 e. The SMILES string of the molecule is COc1cc(/C=C/C(=O)Nc2c(C=Cc3cc(OC)c(OC)c(OC)c3)ccc(O)c2OC)ccc1O. The molecule has 194 valence electrons. The number of phenols is 2. The molecule has 0 unspecified atom stereocenters. The Morgan fingerprint density at radius 1 is 0.676 bits per heavy atom. The number of rotatable bonds is 10. The molecule has 0 aliphatic carbocycles. The van der Waals surface area contributed by atoms with Crippen LogP contribution in [0.4, 0.5) is 5.69 Å². The van der Waals surface area contributed by atoms with Crippen LogP contribution in [0.3, 0.4) is 0 Å². The van der Waals surface area contributed by atoms with Gasteiger partial charge in [0.1, 0.15) is 0 Å². The highest BCUT2D eigenvalue weighted by atomic mass is 16.5. The number of phenolic OH excluding ortho intramolecular Hbond substituents is 2. The molecule has 3 aromatic carbocycles. The number of amides is 1. The van der Waals surface area contributed by atoms with E-state index in [2.05, 4.69) is 5.32 Å². The van der Waals surface area contributed by atoms with Crippen LogP contribution in [0, 0.1) is 0 Å². The van der Waals surface area contributed by atoms with Crippen LogP contribution >= 0.6 is 0 Å². The third kappa shape index (κ3) is 6.26. The van der Waals surface area contributed by atoms with Crippen LogP contribution in [0.5, 0.6) is 40.2 Å². The summed E-state index contributed by atoms with van der Waals surface area (Å²) in [6.07, 6.45) is 6.44. The van der Waals surface area contributed by atoms with Crippen molar-refractivity contribution in [2.75, 3.05) is 40.9 Å². The third-order valence-corrected chi connectivity index (χ3v) is 5.39. The first kappa shape index (κ1) is 26.8. The molecule has 0 saturated carbocycles. The van der Waals surface area contributed by atoms with Crippen LogP contribution in [0.1, 0.15) is 16.7 Å². The number of hydrogen-bond acceptors (Lipinski definition) is 8. The second-order valence-electron chi connectivity index (χ2n) is 7.63. The largest absolute Gasteiger partial charge is 0.504 e. The molecule has 3 rings (SSSR count). The fourth-order valence-corrected chi connectivity index (χ4v) is 3.58. The first-order valence-corrected chi connectivity index (χ1v) is 11.1. The second kappa shape index (κ2) is 12.3. The Bertz CT molecular complexity index is 1300. The molecule has 0 fully saturated rings. The van der Waals surface area contributed by atoms with E-state index in [0.29, 0.717) is 28.4 Å². The highest BCUT2D eigenvalue weighted by Crippen LogP contribution is 2.40. The molecule has 1 amide bonds. The summed E-state index contributed by atoms with van der Waals surface area (Å²) < 4.78 is 26.6. The zero-order valence-corrected chi connectivity index (χ0v) is 21.2. The molecule has 0 bridgehead atoms. The Morgan fingerprint density at radius 3 is 1.86 bits per heavy atom. The van der Waals surface area contributed by atoms with Gasteiger partial charge in [-0.1, -0.05) is 18.2 Å². The lowest BCUT2D eigenvalue weighted by atomic mass is 10.1. The summed E-state index contributed by atoms with van der Waals surface area (Å²) in [7, 11) is 7.43. The van der Waals surface area contributed by atoms with E-state index in [0.717, 1.165) is 5.56 Å². The van der Waals surface area contributed by atoms with Gasteiger partial charge in [0.2, 0.25) is 11.7 Å². The van der Waals surface area contributed by atoms with Crippen LogP contribution in [0.15, 0.2) is 48.5 Å². The van der Waals surface area contributed by atoms with E-state index < -0.39 is 5.91 Å². The summed E-state index contributed by atoms with van der Waals surface area (Å²) in [6.45, 7) is 0. The molecule has 3 N–H and O–H groups in total. The molecule has 0 aliphatic rings. The maximum absolute atomic E-state index is 12.8. The fraction of sp³-hybridized carbons (Fsp3) is 0.179. The molecular formula is C28H29NO8. The Balaban J connectivity index is 1.93. The molecule has 3 aromatic rings. The van der Waals surface area contributed by atoms with E-state index in [9.17, 15) is 15.0 Å². The van der Waals surface area contributed by atoms with Gasteiger partial charge >= 0.3 is 0 Å². The van der Waals surface area contributed by atoms with E-state index >= 15 is 0 Å². The van der Waals surface area contributed by atoms with Crippen LogP contribution in [-0.4, -0.2) is 51.7 Å². The summed E-state index contributed by atoms with van der Waals surface area (Å²) >= 11 is 0. The van der Waals surface area contributed by atoms with Crippen LogP contribution in [-0.2, 0) is 4.79 Å². The van der Waals surface area contributed by atoms with Gasteiger partial charge in [-0.05, 0) is 53.6 Å². The molecule has 9 nitrogen and oxygen atoms in total. The van der Waals surface area contributed by atoms with Crippen LogP contribution in [0.25, 0.3) is 18.2 Å². The number of hydrogen-bond donors (Lipinski definition) is 3. The lowest BCUT2D eigenvalue weighted by Crippen LogP contribution is -2.10. The lowest BCUT2D eigenvalue weighted by Gasteiger charge is -2.14. The van der Waals surface area contributed by atoms with Crippen molar-refractivity contribution in [2.45, 2.75) is 0 Å². The van der Waals surface area contributed by atoms with Crippen LogP contribution in [0.2, 0.25) is 0 Å². The van der Waals surface area contributed by atoms with Crippen molar-refractivity contribution in [3.8, 4) is 40.2 Å². The first-order valence-electron chi connectivity index (χ1n) is 11.1. The maximum atomic E-state index is 12.8. The lowest BCUT2D eigenvalue weighted by molar-refractivity contribution is -0.111. The van der Waals surface area contributed by atoms with Gasteiger partial charge in [0.05, 0.1) is 41.2 Å². The average molecular weight is 508 g/mol. The number of aromatic hydroxyl groups is 2. The molecule has 0 aliphatic heterocycles. The summed E-state index contributed by atoms with van der Waals surface area (Å²) in [5.41, 5.74) is 2.26. The van der Waals surface area contributed by atoms with E-state index in [1.165, 1.54) is 53.8 Å². The minimum absolute atomic E-state index is 0.00266. The standard InChI is InChI=1S/C28H29NO8/c1-33-22-14-17(7-11-20(22)30)8-13-25(32)29-26-19(10-12-21(31)27(26)36-4)9-6-18-15-23(34-2)28(37-5)24(16-18)35-3/h6-16,30-31H,1-5H3,(H,29,32)/b9-6?,13-8+. The number of anilines is 1. The van der Waals surface area contributed by atoms with Gasteiger partial charge in [0.15, 0.2) is 34.5 Å². The van der Waals surface area contributed by atoms with Gasteiger partial charge in [-0.2, -0.15) is 0 Å². The summed E-state index contributed by atoms with van der Waals surface area (Å²) in [6, 6.07) is 11.4. The molecule has 0 aromatic heterocycles. The van der Waals surface area contributed by atoms with E-state index in [1.54, 1.807) is 48.6 Å². The van der Waals surface area contributed by atoms with Gasteiger partial charge in [-0.3, -0.25) is 4.79 Å². The van der Waals surface area contributed by atoms with E-state index in [1.807, 2.05) is 0 Å². The minimum atomic E-state index is -0.460. The van der Waals surface area contributed by atoms with Crippen molar-refractivity contribution in [3.05, 3.63) is 65.2 Å². The number of carbonyl (C=O) groups excluding carboxylic acids is 1. The first-order chi connectivity index (χ1) is 17.8.